The summed E-state index contributed by atoms with van der Waals surface area (Å²) in [5.41, 5.74) is 5.04. The summed E-state index contributed by atoms with van der Waals surface area (Å²) in [7, 11) is 0. The van der Waals surface area contributed by atoms with Crippen LogP contribution in [0.3, 0.4) is 0 Å². The lowest BCUT2D eigenvalue weighted by molar-refractivity contribution is 0.113. The summed E-state index contributed by atoms with van der Waals surface area (Å²) in [4.78, 5) is 0. The lowest BCUT2D eigenvalue weighted by Crippen LogP contribution is -2.30. The first-order chi connectivity index (χ1) is 15.2. The van der Waals surface area contributed by atoms with E-state index in [1.54, 1.807) is 5.56 Å². The number of rotatable bonds is 6. The second-order valence-electron chi connectivity index (χ2n) is 10.3. The van der Waals surface area contributed by atoms with E-state index in [4.69, 9.17) is 0 Å². The predicted octanol–water partition coefficient (Wildman–Crippen LogP) is 8.67. The minimum absolute atomic E-state index is 0.765. The second-order valence-corrected chi connectivity index (χ2v) is 10.3. The molecule has 0 aliphatic heterocycles. The van der Waals surface area contributed by atoms with Crippen molar-refractivity contribution in [3.63, 3.8) is 0 Å². The molecule has 4 rings (SSSR count). The Balaban J connectivity index is 1.28. The van der Waals surface area contributed by atoms with E-state index < -0.39 is 0 Å². The van der Waals surface area contributed by atoms with Gasteiger partial charge in [0.25, 0.3) is 0 Å². The monoisotopic (exact) mass is 412 g/mol. The average Bonchev–Trinajstić information content (AvgIpc) is 2.81. The number of hydrogen-bond acceptors (Lipinski definition) is 0. The topological polar surface area (TPSA) is 0 Å². The van der Waals surface area contributed by atoms with Gasteiger partial charge in [-0.1, -0.05) is 87.1 Å². The van der Waals surface area contributed by atoms with Crippen molar-refractivity contribution < 1.29 is 0 Å². The molecule has 0 saturated heterocycles. The molecule has 0 N–H and O–H groups in total. The second kappa shape index (κ2) is 11.0. The molecular weight excluding hydrogens is 372 g/mol. The minimum Gasteiger partial charge on any atom is -0.0654 e. The third-order valence-corrected chi connectivity index (χ3v) is 7.97. The maximum absolute atomic E-state index is 3.34. The number of fused-ring (bicyclic) bond motifs is 1. The number of benzene rings is 2. The molecule has 0 heteroatoms. The quantitative estimate of drug-likeness (QED) is 0.329. The summed E-state index contributed by atoms with van der Waals surface area (Å²) in [5.74, 6) is 10.4. The summed E-state index contributed by atoms with van der Waals surface area (Å²) in [5, 5.41) is 0. The molecule has 1 unspecified atom stereocenters. The Labute approximate surface area is 190 Å². The molecule has 2 fully saturated rings. The van der Waals surface area contributed by atoms with E-state index in [0.29, 0.717) is 0 Å². The van der Waals surface area contributed by atoms with Crippen LogP contribution in [0.25, 0.3) is 0 Å². The molecule has 0 nitrogen and oxygen atoms in total. The third kappa shape index (κ3) is 6.26. The molecule has 0 aromatic heterocycles. The van der Waals surface area contributed by atoms with Crippen LogP contribution in [-0.4, -0.2) is 0 Å². The van der Waals surface area contributed by atoms with Crippen molar-refractivity contribution in [1.29, 1.82) is 0 Å². The fourth-order valence-electron chi connectivity index (χ4n) is 6.03. The highest BCUT2D eigenvalue weighted by Crippen LogP contribution is 2.48. The molecule has 0 heterocycles. The van der Waals surface area contributed by atoms with Crippen LogP contribution in [-0.2, 0) is 0 Å². The van der Waals surface area contributed by atoms with Gasteiger partial charge in [0.1, 0.15) is 0 Å². The summed E-state index contributed by atoms with van der Waals surface area (Å²) in [6.45, 7) is 4.43. The Kier molecular flexibility index (Phi) is 7.91. The van der Waals surface area contributed by atoms with Crippen molar-refractivity contribution in [2.45, 2.75) is 90.4 Å². The van der Waals surface area contributed by atoms with Crippen molar-refractivity contribution in [2.24, 2.45) is 17.8 Å². The van der Waals surface area contributed by atoms with Gasteiger partial charge in [0.2, 0.25) is 0 Å². The van der Waals surface area contributed by atoms with Crippen LogP contribution < -0.4 is 0 Å². The van der Waals surface area contributed by atoms with Crippen LogP contribution in [0, 0.1) is 36.5 Å². The molecule has 2 aliphatic carbocycles. The van der Waals surface area contributed by atoms with Gasteiger partial charge in [0.15, 0.2) is 0 Å². The van der Waals surface area contributed by atoms with Gasteiger partial charge in [0, 0.05) is 11.1 Å². The highest BCUT2D eigenvalue weighted by Gasteiger charge is 2.35. The summed E-state index contributed by atoms with van der Waals surface area (Å²) in [6.07, 6.45) is 16.0. The molecule has 0 spiro atoms. The smallest absolute Gasteiger partial charge is 0.0249 e. The fraction of sp³-hybridized carbons (Fsp3) is 0.548. The molecule has 2 aliphatic rings. The molecule has 0 bridgehead atoms. The Hall–Kier alpha value is -2.00. The molecule has 2 aromatic carbocycles. The molecule has 164 valence electrons. The number of unbranched alkanes of at least 4 members (excludes halogenated alkanes) is 3. The van der Waals surface area contributed by atoms with E-state index >= 15 is 0 Å². The minimum atomic E-state index is 0.765. The van der Waals surface area contributed by atoms with E-state index in [1.807, 2.05) is 0 Å². The van der Waals surface area contributed by atoms with Crippen molar-refractivity contribution in [3.8, 4) is 11.8 Å². The Morgan fingerprint density at radius 2 is 1.35 bits per heavy atom. The van der Waals surface area contributed by atoms with Crippen LogP contribution in [0.5, 0.6) is 0 Å². The van der Waals surface area contributed by atoms with Gasteiger partial charge in [-0.3, -0.25) is 0 Å². The molecular formula is C31H40. The van der Waals surface area contributed by atoms with Crippen LogP contribution >= 0.6 is 0 Å². The lowest BCUT2D eigenvalue weighted by atomic mass is 9.63. The molecule has 0 radical (unpaired) electrons. The molecule has 31 heavy (non-hydrogen) atoms. The highest BCUT2D eigenvalue weighted by molar-refractivity contribution is 5.44. The third-order valence-electron chi connectivity index (χ3n) is 7.97. The zero-order chi connectivity index (χ0) is 21.5. The van der Waals surface area contributed by atoms with E-state index in [0.717, 1.165) is 34.8 Å². The van der Waals surface area contributed by atoms with Gasteiger partial charge in [-0.05, 0) is 92.5 Å². The first kappa shape index (κ1) is 22.2. The van der Waals surface area contributed by atoms with E-state index in [-0.39, 0.29) is 0 Å². The van der Waals surface area contributed by atoms with Gasteiger partial charge in [-0.2, -0.15) is 0 Å². The maximum Gasteiger partial charge on any atom is 0.0249 e. The summed E-state index contributed by atoms with van der Waals surface area (Å²) in [6, 6.07) is 17.6. The molecule has 0 amide bonds. The van der Waals surface area contributed by atoms with Crippen LogP contribution in [0.15, 0.2) is 48.5 Å². The maximum atomic E-state index is 3.34. The fourth-order valence-corrected chi connectivity index (χ4v) is 6.03. The van der Waals surface area contributed by atoms with Crippen LogP contribution in [0.2, 0.25) is 0 Å². The predicted molar refractivity (Wildman–Crippen MR) is 133 cm³/mol. The SMILES string of the molecule is CCCCCCC1CC[C@@H]2C[C@H](c3ccc(C#Cc4ccc(C)cc4)cc3)CC[C@@H]2C1. The van der Waals surface area contributed by atoms with Gasteiger partial charge in [0.05, 0.1) is 0 Å². The van der Waals surface area contributed by atoms with Crippen LogP contribution in [0.4, 0.5) is 0 Å². The van der Waals surface area contributed by atoms with Gasteiger partial charge < -0.3 is 0 Å². The Bertz CT molecular complexity index is 861. The summed E-state index contributed by atoms with van der Waals surface area (Å²) < 4.78 is 0. The van der Waals surface area contributed by atoms with E-state index in [1.165, 1.54) is 76.2 Å². The number of aryl methyl sites for hydroxylation is 1. The largest absolute Gasteiger partial charge is 0.0654 e. The van der Waals surface area contributed by atoms with Crippen molar-refractivity contribution in [3.05, 3.63) is 70.8 Å². The first-order valence-corrected chi connectivity index (χ1v) is 12.9. The van der Waals surface area contributed by atoms with E-state index in [2.05, 4.69) is 74.2 Å². The first-order valence-electron chi connectivity index (χ1n) is 12.9. The van der Waals surface area contributed by atoms with Gasteiger partial charge in [-0.15, -0.1) is 0 Å². The Morgan fingerprint density at radius 3 is 2.06 bits per heavy atom. The lowest BCUT2D eigenvalue weighted by Gasteiger charge is -2.42. The normalized spacial score (nSPS) is 25.4. The summed E-state index contributed by atoms with van der Waals surface area (Å²) >= 11 is 0. The number of hydrogen-bond donors (Lipinski definition) is 0. The zero-order valence-electron chi connectivity index (χ0n) is 19.7. The van der Waals surface area contributed by atoms with Crippen molar-refractivity contribution in [1.82, 2.24) is 0 Å². The standard InChI is InChI=1S/C31H40/c1-3-4-5-6-7-27-16-19-31-23-30(21-20-29(31)22-27)28-17-14-26(15-18-28)13-12-25-10-8-24(2)9-11-25/h8-11,14-15,17-18,27,29-31H,3-7,16,19-23H2,1-2H3/t27?,29-,30-,31-/m1/s1. The van der Waals surface area contributed by atoms with Gasteiger partial charge in [-0.25, -0.2) is 0 Å². The highest BCUT2D eigenvalue weighted by atomic mass is 14.4. The molecule has 2 aromatic rings. The zero-order valence-corrected chi connectivity index (χ0v) is 19.7. The average molecular weight is 413 g/mol. The van der Waals surface area contributed by atoms with Crippen LogP contribution in [0.1, 0.15) is 106 Å². The van der Waals surface area contributed by atoms with Crippen molar-refractivity contribution in [2.75, 3.05) is 0 Å². The van der Waals surface area contributed by atoms with Gasteiger partial charge >= 0.3 is 0 Å². The van der Waals surface area contributed by atoms with Crippen molar-refractivity contribution >= 4 is 0 Å². The molecule has 4 atom stereocenters. The van der Waals surface area contributed by atoms with E-state index in [9.17, 15) is 0 Å². The Morgan fingerprint density at radius 1 is 0.710 bits per heavy atom. The molecule has 2 saturated carbocycles.